The van der Waals surface area contributed by atoms with E-state index in [1.54, 1.807) is 11.8 Å². The number of carboxylic acids is 1. The van der Waals surface area contributed by atoms with Crippen LogP contribution in [0.15, 0.2) is 0 Å². The molecule has 0 aliphatic rings. The maximum absolute atomic E-state index is 10.6. The van der Waals surface area contributed by atoms with Gasteiger partial charge in [0.25, 0.3) is 0 Å². The van der Waals surface area contributed by atoms with Gasteiger partial charge in [0.05, 0.1) is 6.54 Å². The highest BCUT2D eigenvalue weighted by Crippen LogP contribution is 2.00. The highest BCUT2D eigenvalue weighted by atomic mass is 32.2. The Labute approximate surface area is 82.1 Å². The molecule has 0 saturated carbocycles. The zero-order chi connectivity index (χ0) is 10.3. The lowest BCUT2D eigenvalue weighted by Gasteiger charge is -2.11. The van der Waals surface area contributed by atoms with Gasteiger partial charge in [0.1, 0.15) is 11.8 Å². The Hall–Kier alpha value is -0.550. The molecule has 0 fully saturated rings. The van der Waals surface area contributed by atoms with Crippen LogP contribution in [0.25, 0.3) is 0 Å². The predicted molar refractivity (Wildman–Crippen MR) is 53.1 cm³/mol. The first kappa shape index (κ1) is 12.4. The summed E-state index contributed by atoms with van der Waals surface area (Å²) in [5, 5.41) is 11.4. The Kier molecular flexibility index (Phi) is 6.62. The lowest BCUT2D eigenvalue weighted by Crippen LogP contribution is -2.39. The van der Waals surface area contributed by atoms with Gasteiger partial charge < -0.3 is 5.11 Å². The molecular formula is C8H15NO3S. The van der Waals surface area contributed by atoms with Gasteiger partial charge in [0.2, 0.25) is 0 Å². The van der Waals surface area contributed by atoms with E-state index in [1.165, 1.54) is 6.92 Å². The van der Waals surface area contributed by atoms with E-state index in [4.69, 9.17) is 5.11 Å². The number of hydrogen-bond donors (Lipinski definition) is 2. The summed E-state index contributed by atoms with van der Waals surface area (Å²) < 4.78 is 0. The molecule has 0 bridgehead atoms. The van der Waals surface area contributed by atoms with E-state index in [9.17, 15) is 9.59 Å². The van der Waals surface area contributed by atoms with Gasteiger partial charge in [-0.1, -0.05) is 0 Å². The number of carbonyl (C=O) groups is 2. The maximum atomic E-state index is 10.6. The van der Waals surface area contributed by atoms with Crippen LogP contribution < -0.4 is 5.32 Å². The van der Waals surface area contributed by atoms with Crippen molar-refractivity contribution in [2.75, 3.05) is 18.6 Å². The molecule has 0 saturated heterocycles. The third-order valence-corrected chi connectivity index (χ3v) is 2.15. The van der Waals surface area contributed by atoms with Crippen molar-refractivity contribution in [3.8, 4) is 0 Å². The molecule has 0 amide bonds. The highest BCUT2D eigenvalue weighted by Gasteiger charge is 2.15. The van der Waals surface area contributed by atoms with Crippen LogP contribution in [-0.2, 0) is 9.59 Å². The van der Waals surface area contributed by atoms with Gasteiger partial charge in [-0.2, -0.15) is 11.8 Å². The summed E-state index contributed by atoms with van der Waals surface area (Å²) in [6, 6.07) is -0.601. The molecular weight excluding hydrogens is 190 g/mol. The fourth-order valence-corrected chi connectivity index (χ4v) is 1.29. The van der Waals surface area contributed by atoms with E-state index < -0.39 is 12.0 Å². The van der Waals surface area contributed by atoms with E-state index in [0.717, 1.165) is 5.75 Å². The summed E-state index contributed by atoms with van der Waals surface area (Å²) in [5.74, 6) is -0.160. The van der Waals surface area contributed by atoms with Gasteiger partial charge in [-0.25, -0.2) is 0 Å². The van der Waals surface area contributed by atoms with Crippen LogP contribution in [0.1, 0.15) is 13.3 Å². The first-order chi connectivity index (χ1) is 6.07. The molecule has 13 heavy (non-hydrogen) atoms. The Bertz CT molecular complexity index is 184. The lowest BCUT2D eigenvalue weighted by molar-refractivity contribution is -0.139. The number of nitrogens with one attached hydrogen (secondary N) is 1. The molecule has 0 heterocycles. The minimum absolute atomic E-state index is 0.0459. The van der Waals surface area contributed by atoms with E-state index >= 15 is 0 Å². The molecule has 0 aliphatic carbocycles. The molecule has 5 heteroatoms. The first-order valence-corrected chi connectivity index (χ1v) is 5.42. The summed E-state index contributed by atoms with van der Waals surface area (Å²) in [5.41, 5.74) is 0. The molecule has 0 aromatic carbocycles. The molecule has 1 atom stereocenters. The van der Waals surface area contributed by atoms with Crippen molar-refractivity contribution in [2.24, 2.45) is 0 Å². The largest absolute Gasteiger partial charge is 0.480 e. The fraction of sp³-hybridized carbons (Fsp3) is 0.750. The Balaban J connectivity index is 3.80. The van der Waals surface area contributed by atoms with Crippen molar-refractivity contribution in [1.29, 1.82) is 0 Å². The zero-order valence-electron chi connectivity index (χ0n) is 7.87. The SMILES string of the molecule is CSCC[C@H](NCC(C)=O)C(=O)O. The minimum atomic E-state index is -0.893. The van der Waals surface area contributed by atoms with Crippen molar-refractivity contribution < 1.29 is 14.7 Å². The van der Waals surface area contributed by atoms with E-state index in [-0.39, 0.29) is 12.3 Å². The van der Waals surface area contributed by atoms with Crippen LogP contribution >= 0.6 is 11.8 Å². The quantitative estimate of drug-likeness (QED) is 0.628. The molecule has 0 radical (unpaired) electrons. The molecule has 0 aliphatic heterocycles. The average molecular weight is 205 g/mol. The summed E-state index contributed by atoms with van der Waals surface area (Å²) >= 11 is 1.59. The summed E-state index contributed by atoms with van der Waals surface area (Å²) in [4.78, 5) is 21.2. The van der Waals surface area contributed by atoms with Crippen LogP contribution in [0.2, 0.25) is 0 Å². The summed E-state index contributed by atoms with van der Waals surface area (Å²) in [7, 11) is 0. The van der Waals surface area contributed by atoms with Gasteiger partial charge in [0.15, 0.2) is 0 Å². The fourth-order valence-electron chi connectivity index (χ4n) is 0.815. The number of thioether (sulfide) groups is 1. The highest BCUT2D eigenvalue weighted by molar-refractivity contribution is 7.98. The number of rotatable bonds is 7. The van der Waals surface area contributed by atoms with Gasteiger partial charge in [-0.05, 0) is 25.4 Å². The van der Waals surface area contributed by atoms with Crippen LogP contribution in [-0.4, -0.2) is 41.5 Å². The predicted octanol–water partition coefficient (Wildman–Crippen LogP) is 0.371. The number of aliphatic carboxylic acids is 1. The van der Waals surface area contributed by atoms with Crippen LogP contribution in [0, 0.1) is 0 Å². The normalized spacial score (nSPS) is 12.5. The average Bonchev–Trinajstić information content (AvgIpc) is 2.03. The molecule has 4 nitrogen and oxygen atoms in total. The first-order valence-electron chi connectivity index (χ1n) is 4.02. The number of carboxylic acid groups (broad SMARTS) is 1. The van der Waals surface area contributed by atoms with E-state index in [0.29, 0.717) is 6.42 Å². The second-order valence-electron chi connectivity index (χ2n) is 2.76. The third kappa shape index (κ3) is 6.60. The van der Waals surface area contributed by atoms with Crippen LogP contribution in [0.4, 0.5) is 0 Å². The molecule has 0 aromatic heterocycles. The van der Waals surface area contributed by atoms with E-state index in [2.05, 4.69) is 5.32 Å². The zero-order valence-corrected chi connectivity index (χ0v) is 8.69. The van der Waals surface area contributed by atoms with Gasteiger partial charge >= 0.3 is 5.97 Å². The number of Topliss-reactive ketones (excluding diaryl/α,β-unsaturated/α-hetero) is 1. The van der Waals surface area contributed by atoms with Crippen molar-refractivity contribution >= 4 is 23.5 Å². The standard InChI is InChI=1S/C8H15NO3S/c1-6(10)5-9-7(8(11)12)3-4-13-2/h7,9H,3-5H2,1-2H3,(H,11,12)/t7-/m0/s1. The Morgan fingerprint density at radius 1 is 1.54 bits per heavy atom. The Morgan fingerprint density at radius 3 is 2.54 bits per heavy atom. The van der Waals surface area contributed by atoms with Crippen molar-refractivity contribution in [3.05, 3.63) is 0 Å². The second kappa shape index (κ2) is 6.91. The third-order valence-electron chi connectivity index (χ3n) is 1.51. The molecule has 0 unspecified atom stereocenters. The van der Waals surface area contributed by atoms with Crippen molar-refractivity contribution in [2.45, 2.75) is 19.4 Å². The molecule has 0 rings (SSSR count). The Morgan fingerprint density at radius 2 is 2.15 bits per heavy atom. The van der Waals surface area contributed by atoms with Crippen LogP contribution in [0.5, 0.6) is 0 Å². The summed E-state index contributed by atoms with van der Waals surface area (Å²) in [6.45, 7) is 1.56. The smallest absolute Gasteiger partial charge is 0.320 e. The maximum Gasteiger partial charge on any atom is 0.320 e. The monoisotopic (exact) mass is 205 g/mol. The van der Waals surface area contributed by atoms with E-state index in [1.807, 2.05) is 6.26 Å². The topological polar surface area (TPSA) is 66.4 Å². The molecule has 0 spiro atoms. The minimum Gasteiger partial charge on any atom is -0.480 e. The van der Waals surface area contributed by atoms with Gasteiger partial charge in [-0.3, -0.25) is 14.9 Å². The van der Waals surface area contributed by atoms with Crippen LogP contribution in [0.3, 0.4) is 0 Å². The second-order valence-corrected chi connectivity index (χ2v) is 3.74. The molecule has 2 N–H and O–H groups in total. The number of carbonyl (C=O) groups excluding carboxylic acids is 1. The molecule has 0 aromatic rings. The van der Waals surface area contributed by atoms with Crippen molar-refractivity contribution in [1.82, 2.24) is 5.32 Å². The number of ketones is 1. The van der Waals surface area contributed by atoms with Gasteiger partial charge in [-0.15, -0.1) is 0 Å². The lowest BCUT2D eigenvalue weighted by atomic mass is 10.2. The summed E-state index contributed by atoms with van der Waals surface area (Å²) in [6.07, 6.45) is 2.47. The number of hydrogen-bond acceptors (Lipinski definition) is 4. The van der Waals surface area contributed by atoms with Gasteiger partial charge in [0, 0.05) is 0 Å². The molecule has 76 valence electrons. The van der Waals surface area contributed by atoms with Crippen molar-refractivity contribution in [3.63, 3.8) is 0 Å².